The molecule has 4 aromatic rings. The summed E-state index contributed by atoms with van der Waals surface area (Å²) in [6.45, 7) is 21.5. The molecule has 9 N–H and O–H groups in total. The minimum absolute atomic E-state index is 0.0364. The van der Waals surface area contributed by atoms with Gasteiger partial charge >= 0.3 is 11.8 Å². The Balaban J connectivity index is 0.000000439. The van der Waals surface area contributed by atoms with E-state index in [0.29, 0.717) is 42.7 Å². The Labute approximate surface area is 460 Å². The van der Waals surface area contributed by atoms with Crippen molar-refractivity contribution in [2.24, 2.45) is 39.6 Å². The molecule has 9 atom stereocenters. The van der Waals surface area contributed by atoms with Gasteiger partial charge in [0.25, 0.3) is 11.7 Å². The van der Waals surface area contributed by atoms with E-state index in [-0.39, 0.29) is 61.3 Å². The topological polar surface area (TPSA) is 287 Å². The summed E-state index contributed by atoms with van der Waals surface area (Å²) in [6, 6.07) is 7.41. The van der Waals surface area contributed by atoms with Gasteiger partial charge in [-0.1, -0.05) is 90.4 Å². The van der Waals surface area contributed by atoms with E-state index in [4.69, 9.17) is 52.0 Å². The number of carbonyl (C=O) groups is 3. The lowest BCUT2D eigenvalue weighted by Gasteiger charge is -2.38. The summed E-state index contributed by atoms with van der Waals surface area (Å²) in [7, 11) is 1.47. The van der Waals surface area contributed by atoms with Crippen LogP contribution in [0.4, 0.5) is 17.5 Å². The number of amides is 1. The van der Waals surface area contributed by atoms with Crippen LogP contribution in [-0.4, -0.2) is 116 Å². The van der Waals surface area contributed by atoms with Crippen LogP contribution in [-0.2, 0) is 30.2 Å². The number of likely N-dealkylation sites (tertiary alicyclic amines) is 1. The van der Waals surface area contributed by atoms with Gasteiger partial charge in [-0.3, -0.25) is 24.4 Å². The second-order valence-electron chi connectivity index (χ2n) is 21.6. The van der Waals surface area contributed by atoms with Crippen LogP contribution in [0, 0.1) is 36.5 Å². The zero-order chi connectivity index (χ0) is 57.3. The molecule has 78 heavy (non-hydrogen) atoms. The second kappa shape index (κ2) is 23.8. The number of hydrogen-bond donors (Lipinski definition) is 7. The van der Waals surface area contributed by atoms with Gasteiger partial charge in [-0.2, -0.15) is 4.98 Å². The van der Waals surface area contributed by atoms with Crippen LogP contribution >= 0.6 is 11.6 Å². The first-order chi connectivity index (χ1) is 36.8. The maximum atomic E-state index is 14.7. The number of aliphatic hydroxyl groups excluding tert-OH is 2. The minimum Gasteiger partial charge on any atom is -0.507 e. The van der Waals surface area contributed by atoms with Gasteiger partial charge in [0.15, 0.2) is 11.4 Å². The number of aromatic nitrogens is 2. The highest BCUT2D eigenvalue weighted by Crippen LogP contribution is 2.50. The average molecular weight is 1100 g/mol. The predicted octanol–water partition coefficient (Wildman–Crippen LogP) is 7.27. The van der Waals surface area contributed by atoms with Crippen molar-refractivity contribution in [1.82, 2.24) is 14.9 Å². The molecule has 1 saturated heterocycles. The molecular weight excluding hydrogens is 1020 g/mol. The summed E-state index contributed by atoms with van der Waals surface area (Å²) < 4.78 is 24.0. The first-order valence-corrected chi connectivity index (χ1v) is 26.9. The van der Waals surface area contributed by atoms with Crippen molar-refractivity contribution < 1.29 is 53.8 Å². The van der Waals surface area contributed by atoms with Crippen LogP contribution in [0.25, 0.3) is 21.9 Å². The number of halogens is 1. The molecular formula is C58H75ClN8O11. The number of piperidine rings is 1. The number of nitrogens with two attached hydrogens (primary N) is 2. The molecule has 1 spiro atoms. The molecule has 8 rings (SSSR count). The Morgan fingerprint density at radius 1 is 0.923 bits per heavy atom. The third-order valence-electron chi connectivity index (χ3n) is 15.4. The van der Waals surface area contributed by atoms with E-state index in [2.05, 4.69) is 34.0 Å². The fourth-order valence-electron chi connectivity index (χ4n) is 10.9. The summed E-state index contributed by atoms with van der Waals surface area (Å²) >= 11 is 5.86. The zero-order valence-corrected chi connectivity index (χ0v) is 47.3. The highest BCUT2D eigenvalue weighted by molar-refractivity contribution is 6.30. The number of phenolic OH excluding ortho intramolecular Hbond substituents is 2. The maximum absolute atomic E-state index is 14.7. The number of benzene rings is 3. The van der Waals surface area contributed by atoms with Gasteiger partial charge in [-0.05, 0) is 50.0 Å². The lowest BCUT2D eigenvalue weighted by Crippen LogP contribution is -2.46. The number of fused-ring (bicyclic) bond motifs is 1. The Kier molecular flexibility index (Phi) is 18.0. The van der Waals surface area contributed by atoms with Crippen molar-refractivity contribution >= 4 is 57.5 Å². The monoisotopic (exact) mass is 1090 g/mol. The third-order valence-corrected chi connectivity index (χ3v) is 15.6. The number of ketones is 1. The van der Waals surface area contributed by atoms with Gasteiger partial charge in [-0.25, -0.2) is 4.98 Å². The van der Waals surface area contributed by atoms with Crippen LogP contribution in [0.15, 0.2) is 70.4 Å². The van der Waals surface area contributed by atoms with Crippen LogP contribution in [0.3, 0.4) is 0 Å². The van der Waals surface area contributed by atoms with Crippen molar-refractivity contribution in [2.45, 2.75) is 131 Å². The summed E-state index contributed by atoms with van der Waals surface area (Å²) in [5, 5.41) is 50.9. The number of rotatable bonds is 6. The summed E-state index contributed by atoms with van der Waals surface area (Å²) in [5.41, 5.74) is 13.5. The number of hydrogen-bond acceptors (Lipinski definition) is 18. The van der Waals surface area contributed by atoms with Gasteiger partial charge in [0.05, 0.1) is 46.6 Å². The molecule has 1 amide bonds. The number of nitrogens with zero attached hydrogens (tertiary/aromatic N) is 5. The van der Waals surface area contributed by atoms with Crippen molar-refractivity contribution in [2.75, 3.05) is 43.5 Å². The molecule has 19 nitrogen and oxygen atoms in total. The molecule has 4 aliphatic rings. The molecule has 3 aromatic carbocycles. The van der Waals surface area contributed by atoms with Gasteiger partial charge in [-0.15, -0.1) is 0 Å². The van der Waals surface area contributed by atoms with E-state index in [1.54, 1.807) is 65.8 Å². The lowest BCUT2D eigenvalue weighted by atomic mass is 9.78. The minimum atomic E-state index is -1.96. The quantitative estimate of drug-likeness (QED) is 0.0738. The van der Waals surface area contributed by atoms with E-state index < -0.39 is 82.9 Å². The summed E-state index contributed by atoms with van der Waals surface area (Å²) in [5.74, 6) is -5.84. The molecule has 1 aromatic heterocycles. The van der Waals surface area contributed by atoms with Crippen LogP contribution in [0.1, 0.15) is 104 Å². The molecule has 0 radical (unpaired) electrons. The number of aliphatic hydroxyl groups is 2. The van der Waals surface area contributed by atoms with E-state index in [1.165, 1.54) is 27.2 Å². The van der Waals surface area contributed by atoms with Gasteiger partial charge in [0.2, 0.25) is 5.95 Å². The zero-order valence-electron chi connectivity index (χ0n) is 46.6. The molecule has 0 unspecified atom stereocenters. The molecule has 0 saturated carbocycles. The maximum Gasteiger partial charge on any atom is 0.312 e. The number of esters is 1. The molecule has 4 bridgehead atoms. The van der Waals surface area contributed by atoms with Crippen LogP contribution in [0.2, 0.25) is 5.02 Å². The number of aromatic hydroxyl groups is 2. The molecule has 420 valence electrons. The predicted molar refractivity (Wildman–Crippen MR) is 298 cm³/mol. The SMILES string of the molecule is CCc1nc(N)nc(N)c1-c1ccc(Cl)cc1.CO[C@H]1/C=C\O[C@@]2(C)Oc3c(C)c(O)c4c(O)c(c5c(c4c3C2=O)=NC2(CCN(CC(C)C)CC2)N=5)NC(=O)/C(C)=C/C=C\[C@H](C)[C@H](O)[C@@H](C)[C@@H](O)[C@H](C)[C@@H](OC(C)=O)[C@@H]1C. The Bertz CT molecular complexity index is 3180. The second-order valence-corrected chi connectivity index (χ2v) is 22.0. The van der Waals surface area contributed by atoms with Gasteiger partial charge < -0.3 is 61.1 Å². The van der Waals surface area contributed by atoms with Crippen molar-refractivity contribution in [3.05, 3.63) is 93.0 Å². The Morgan fingerprint density at radius 3 is 2.19 bits per heavy atom. The van der Waals surface area contributed by atoms with E-state index in [0.717, 1.165) is 29.8 Å². The van der Waals surface area contributed by atoms with Crippen molar-refractivity contribution in [3.8, 4) is 28.4 Å². The highest BCUT2D eigenvalue weighted by Gasteiger charge is 2.50. The highest BCUT2D eigenvalue weighted by atomic mass is 35.5. The number of nitrogen functional groups attached to an aromatic ring is 2. The summed E-state index contributed by atoms with van der Waals surface area (Å²) in [6.07, 6.45) is 5.78. The fourth-order valence-corrected chi connectivity index (χ4v) is 11.1. The number of methoxy groups -OCH3 is 1. The third kappa shape index (κ3) is 11.9. The van der Waals surface area contributed by atoms with E-state index in [1.807, 2.05) is 31.2 Å². The number of anilines is 3. The van der Waals surface area contributed by atoms with E-state index in [9.17, 15) is 34.8 Å². The first kappa shape index (κ1) is 59.0. The number of allylic oxidation sites excluding steroid dienone is 2. The van der Waals surface area contributed by atoms with Gasteiger partial charge in [0.1, 0.15) is 34.5 Å². The average Bonchev–Trinajstić information content (AvgIpc) is 3.77. The van der Waals surface area contributed by atoms with Crippen molar-refractivity contribution in [3.63, 3.8) is 0 Å². The Hall–Kier alpha value is -6.64. The van der Waals surface area contributed by atoms with E-state index >= 15 is 0 Å². The number of aryl methyl sites for hydroxylation is 1. The molecule has 4 aliphatic heterocycles. The standard InChI is InChI=1S/C46H62N4O11.C12H13ClN4/c1-22(2)21-50-18-16-46(17-19-50)48-34-31-32-39(54)28(8)42-33(31)43(56)45(10,61-42)59-20-15-30(58-11)25(5)41(60-29(9)51)27(7)38(53)26(6)37(52)23(3)13-12-14-24(4)44(57)47-36(40(32)55)35(34)49-46;1-2-9-10(11(14)17-12(15)16-9)7-3-5-8(13)6-4-7/h12-15,20,22-23,25-27,30,37-38,41,52-55H,16-19,21H2,1-11H3,(H,47,57);3-6H,2H2,1H3,(H4,14,15,16,17)/b13-12-,20-15-,24-14+;/t23-,25+,26+,27-,30-,37-,38+,41-,45-;/m0./s1. The molecule has 5 heterocycles. The number of Topliss-reactive ketones (excluding diaryl/α,β-unsaturated/α-hetero) is 1. The first-order valence-electron chi connectivity index (χ1n) is 26.5. The summed E-state index contributed by atoms with van der Waals surface area (Å²) in [4.78, 5) is 61.9. The molecule has 1 fully saturated rings. The normalized spacial score (nSPS) is 27.8. The Morgan fingerprint density at radius 2 is 1.58 bits per heavy atom. The largest absolute Gasteiger partial charge is 0.507 e. The number of nitrogens with one attached hydrogen (secondary N) is 1. The number of phenols is 2. The number of carbonyl (C=O) groups excluding carboxylic acids is 3. The smallest absolute Gasteiger partial charge is 0.312 e. The van der Waals surface area contributed by atoms with Gasteiger partial charge in [0, 0.05) is 104 Å². The number of ether oxygens (including phenoxy) is 4. The molecule has 20 heteroatoms. The van der Waals surface area contributed by atoms with Crippen LogP contribution in [0.5, 0.6) is 17.2 Å². The molecule has 0 aliphatic carbocycles. The van der Waals surface area contributed by atoms with Crippen LogP contribution < -0.4 is 32.2 Å². The van der Waals surface area contributed by atoms with Crippen molar-refractivity contribution in [1.29, 1.82) is 0 Å². The fraction of sp³-hybridized carbons (Fsp3) is 0.500. The lowest BCUT2D eigenvalue weighted by molar-refractivity contribution is -0.160.